The largest absolute Gasteiger partial charge is 0.483 e. The van der Waals surface area contributed by atoms with Gasteiger partial charge in [-0.2, -0.15) is 0 Å². The number of fused-ring (bicyclic) bond motifs is 2. The number of nitrogens with zero attached hydrogens (tertiary/aromatic N) is 2. The number of aryl methyl sites for hydroxylation is 1. The molecule has 0 radical (unpaired) electrons. The van der Waals surface area contributed by atoms with Crippen LogP contribution in [0.5, 0.6) is 11.5 Å². The minimum Gasteiger partial charge on any atom is -0.483 e. The maximum Gasteiger partial charge on any atom is 0.258 e. The highest BCUT2D eigenvalue weighted by Crippen LogP contribution is 2.41. The average Bonchev–Trinajstić information content (AvgIpc) is 3.14. The van der Waals surface area contributed by atoms with Crippen molar-refractivity contribution in [3.05, 3.63) is 42.0 Å². The summed E-state index contributed by atoms with van der Waals surface area (Å²) in [5.74, 6) is 2.38. The SMILES string of the molecule is CC1(C)Cc2cccc(OCC(=O)NC3CCc4nccn4C3)c2O1. The van der Waals surface area contributed by atoms with E-state index in [1.54, 1.807) is 6.20 Å². The molecule has 6 heteroatoms. The molecule has 25 heavy (non-hydrogen) atoms. The van der Waals surface area contributed by atoms with Gasteiger partial charge in [0.2, 0.25) is 0 Å². The highest BCUT2D eigenvalue weighted by atomic mass is 16.5. The molecule has 0 saturated heterocycles. The summed E-state index contributed by atoms with van der Waals surface area (Å²) in [5.41, 5.74) is 0.900. The van der Waals surface area contributed by atoms with Gasteiger partial charge in [0.1, 0.15) is 11.4 Å². The van der Waals surface area contributed by atoms with Gasteiger partial charge in [0.25, 0.3) is 5.91 Å². The van der Waals surface area contributed by atoms with Crippen LogP contribution in [0.25, 0.3) is 0 Å². The highest BCUT2D eigenvalue weighted by molar-refractivity contribution is 5.78. The third-order valence-corrected chi connectivity index (χ3v) is 4.71. The van der Waals surface area contributed by atoms with Crippen molar-refractivity contribution in [3.63, 3.8) is 0 Å². The first-order valence-electron chi connectivity index (χ1n) is 8.73. The van der Waals surface area contributed by atoms with Crippen molar-refractivity contribution in [2.24, 2.45) is 0 Å². The Kier molecular flexibility index (Phi) is 3.90. The van der Waals surface area contributed by atoms with E-state index in [0.29, 0.717) is 5.75 Å². The van der Waals surface area contributed by atoms with Crippen LogP contribution >= 0.6 is 0 Å². The van der Waals surface area contributed by atoms with Crippen LogP contribution in [0.15, 0.2) is 30.6 Å². The Hall–Kier alpha value is -2.50. The molecule has 132 valence electrons. The first-order valence-corrected chi connectivity index (χ1v) is 8.73. The number of hydrogen-bond acceptors (Lipinski definition) is 4. The Morgan fingerprint density at radius 2 is 2.36 bits per heavy atom. The zero-order valence-electron chi connectivity index (χ0n) is 14.6. The van der Waals surface area contributed by atoms with E-state index in [-0.39, 0.29) is 24.2 Å². The summed E-state index contributed by atoms with van der Waals surface area (Å²) in [7, 11) is 0. The molecule has 0 bridgehead atoms. The van der Waals surface area contributed by atoms with Gasteiger partial charge in [-0.15, -0.1) is 0 Å². The number of amides is 1. The van der Waals surface area contributed by atoms with Crippen LogP contribution in [0.1, 0.15) is 31.7 Å². The van der Waals surface area contributed by atoms with Gasteiger partial charge in [-0.25, -0.2) is 4.98 Å². The van der Waals surface area contributed by atoms with Gasteiger partial charge in [0.05, 0.1) is 0 Å². The highest BCUT2D eigenvalue weighted by Gasteiger charge is 2.32. The monoisotopic (exact) mass is 341 g/mol. The number of rotatable bonds is 4. The first-order chi connectivity index (χ1) is 12.0. The molecular weight excluding hydrogens is 318 g/mol. The predicted octanol–water partition coefficient (Wildman–Crippen LogP) is 2.11. The molecule has 0 spiro atoms. The number of aromatic nitrogens is 2. The summed E-state index contributed by atoms with van der Waals surface area (Å²) in [6.45, 7) is 4.86. The van der Waals surface area contributed by atoms with Gasteiger partial charge < -0.3 is 19.4 Å². The minimum absolute atomic E-state index is 0.00642. The standard InChI is InChI=1S/C19H23N3O3/c1-19(2)10-13-4-3-5-15(18(13)25-19)24-12-17(23)21-14-6-7-16-20-8-9-22(16)11-14/h3-5,8-9,14H,6-7,10-12H2,1-2H3,(H,21,23). The van der Waals surface area contributed by atoms with E-state index in [4.69, 9.17) is 9.47 Å². The molecule has 1 N–H and O–H groups in total. The van der Waals surface area contributed by atoms with Gasteiger partial charge in [-0.1, -0.05) is 12.1 Å². The number of benzene rings is 1. The lowest BCUT2D eigenvalue weighted by Gasteiger charge is -2.24. The second kappa shape index (κ2) is 6.10. The van der Waals surface area contributed by atoms with Crippen LogP contribution in [0.2, 0.25) is 0 Å². The number of nitrogens with one attached hydrogen (secondary N) is 1. The molecule has 0 aliphatic carbocycles. The van der Waals surface area contributed by atoms with Crippen molar-refractivity contribution in [1.29, 1.82) is 0 Å². The molecule has 2 aliphatic heterocycles. The van der Waals surface area contributed by atoms with Crippen LogP contribution in [0.4, 0.5) is 0 Å². The van der Waals surface area contributed by atoms with Crippen molar-refractivity contribution < 1.29 is 14.3 Å². The lowest BCUT2D eigenvalue weighted by molar-refractivity contribution is -0.124. The van der Waals surface area contributed by atoms with Crippen molar-refractivity contribution in [3.8, 4) is 11.5 Å². The zero-order valence-corrected chi connectivity index (χ0v) is 14.6. The molecule has 1 aromatic carbocycles. The van der Waals surface area contributed by atoms with Crippen LogP contribution in [-0.4, -0.2) is 33.7 Å². The van der Waals surface area contributed by atoms with Crippen LogP contribution in [-0.2, 0) is 24.2 Å². The van der Waals surface area contributed by atoms with E-state index >= 15 is 0 Å². The third kappa shape index (κ3) is 3.34. The lowest BCUT2D eigenvalue weighted by atomic mass is 10.0. The number of ether oxygens (including phenoxy) is 2. The van der Waals surface area contributed by atoms with Crippen molar-refractivity contribution >= 4 is 5.91 Å². The molecule has 1 aromatic heterocycles. The molecule has 1 atom stereocenters. The van der Waals surface area contributed by atoms with Crippen LogP contribution < -0.4 is 14.8 Å². The summed E-state index contributed by atoms with van der Waals surface area (Å²) in [6, 6.07) is 5.96. The van der Waals surface area contributed by atoms with Crippen molar-refractivity contribution in [2.45, 2.75) is 51.3 Å². The van der Waals surface area contributed by atoms with Gasteiger partial charge in [0, 0.05) is 43.4 Å². The number of hydrogen-bond donors (Lipinski definition) is 1. The van der Waals surface area contributed by atoms with Crippen LogP contribution in [0.3, 0.4) is 0 Å². The maximum absolute atomic E-state index is 12.3. The quantitative estimate of drug-likeness (QED) is 0.925. The Labute approximate surface area is 147 Å². The van der Waals surface area contributed by atoms with Gasteiger partial charge >= 0.3 is 0 Å². The van der Waals surface area contributed by atoms with E-state index in [0.717, 1.165) is 42.9 Å². The molecule has 1 unspecified atom stereocenters. The molecule has 2 aliphatic rings. The molecule has 1 amide bonds. The van der Waals surface area contributed by atoms with Crippen LogP contribution in [0, 0.1) is 0 Å². The van der Waals surface area contributed by atoms with E-state index in [2.05, 4.69) is 28.7 Å². The Morgan fingerprint density at radius 1 is 1.48 bits per heavy atom. The van der Waals surface area contributed by atoms with Crippen molar-refractivity contribution in [2.75, 3.05) is 6.61 Å². The molecule has 0 saturated carbocycles. The zero-order chi connectivity index (χ0) is 17.4. The second-order valence-electron chi connectivity index (χ2n) is 7.37. The number of carbonyl (C=O) groups excluding carboxylic acids is 1. The van der Waals surface area contributed by atoms with Gasteiger partial charge in [-0.3, -0.25) is 4.79 Å². The van der Waals surface area contributed by atoms with Gasteiger partial charge in [0.15, 0.2) is 18.1 Å². The average molecular weight is 341 g/mol. The van der Waals surface area contributed by atoms with E-state index in [1.807, 2.05) is 24.4 Å². The third-order valence-electron chi connectivity index (χ3n) is 4.71. The van der Waals surface area contributed by atoms with Crippen molar-refractivity contribution in [1.82, 2.24) is 14.9 Å². The summed E-state index contributed by atoms with van der Waals surface area (Å²) < 4.78 is 13.8. The fourth-order valence-corrected chi connectivity index (χ4v) is 3.60. The molecule has 6 nitrogen and oxygen atoms in total. The Bertz CT molecular complexity index is 797. The molecule has 3 heterocycles. The summed E-state index contributed by atoms with van der Waals surface area (Å²) in [6.07, 6.45) is 6.40. The van der Waals surface area contributed by atoms with E-state index in [1.165, 1.54) is 0 Å². The Morgan fingerprint density at radius 3 is 3.24 bits per heavy atom. The molecule has 0 fully saturated rings. The Balaban J connectivity index is 1.34. The molecule has 2 aromatic rings. The smallest absolute Gasteiger partial charge is 0.258 e. The first kappa shape index (κ1) is 16.0. The summed E-state index contributed by atoms with van der Waals surface area (Å²) >= 11 is 0. The van der Waals surface area contributed by atoms with Gasteiger partial charge in [-0.05, 0) is 26.3 Å². The van der Waals surface area contributed by atoms with E-state index < -0.39 is 0 Å². The minimum atomic E-state index is -0.228. The lowest BCUT2D eigenvalue weighted by Crippen LogP contribution is -2.42. The maximum atomic E-state index is 12.3. The fraction of sp³-hybridized carbons (Fsp3) is 0.474. The normalized spacial score (nSPS) is 20.3. The summed E-state index contributed by atoms with van der Waals surface area (Å²) in [5, 5.41) is 3.05. The summed E-state index contributed by atoms with van der Waals surface area (Å²) in [4.78, 5) is 16.6. The second-order valence-corrected chi connectivity index (χ2v) is 7.37. The molecular formula is C19H23N3O3. The topological polar surface area (TPSA) is 65.4 Å². The number of carbonyl (C=O) groups is 1. The molecule has 4 rings (SSSR count). The number of imidazole rings is 1. The van der Waals surface area contributed by atoms with E-state index in [9.17, 15) is 4.79 Å². The predicted molar refractivity (Wildman–Crippen MR) is 92.8 cm³/mol. The fourth-order valence-electron chi connectivity index (χ4n) is 3.60. The number of para-hydroxylation sites is 1.